The Kier molecular flexibility index (Phi) is 7.25. The molecule has 0 aromatic heterocycles. The van der Waals surface area contributed by atoms with E-state index in [4.69, 9.17) is 4.74 Å². The van der Waals surface area contributed by atoms with E-state index in [0.29, 0.717) is 13.0 Å². The predicted octanol–water partition coefficient (Wildman–Crippen LogP) is 1.09. The van der Waals surface area contributed by atoms with Gasteiger partial charge in [-0.25, -0.2) is 0 Å². The summed E-state index contributed by atoms with van der Waals surface area (Å²) >= 11 is 0. The van der Waals surface area contributed by atoms with Crippen molar-refractivity contribution in [1.29, 1.82) is 0 Å². The van der Waals surface area contributed by atoms with Crippen LogP contribution in [0.2, 0.25) is 0 Å². The number of hydrogen-bond acceptors (Lipinski definition) is 4. The molecule has 1 atom stereocenters. The highest BCUT2D eigenvalue weighted by atomic mass is 16.5. The van der Waals surface area contributed by atoms with Gasteiger partial charge in [0.25, 0.3) is 0 Å². The number of hydrogen-bond donors (Lipinski definition) is 2. The molecule has 1 unspecified atom stereocenters. The fraction of sp³-hybridized carbons (Fsp3) is 0.467. The summed E-state index contributed by atoms with van der Waals surface area (Å²) in [6.45, 7) is 2.49. The standard InChI is InChI=1S/C15H21NO5/c1-3-21-13-6-4-11(5-7-13)8-12(15(18)19)9-16-14(17)10-20-2/h4-7,12H,3,8-10H2,1-2H3,(H,16,17)(H,18,19). The number of benzene rings is 1. The van der Waals surface area contributed by atoms with Gasteiger partial charge in [-0.15, -0.1) is 0 Å². The molecule has 1 amide bonds. The fourth-order valence-corrected chi connectivity index (χ4v) is 1.84. The van der Waals surface area contributed by atoms with Crippen molar-refractivity contribution < 1.29 is 24.2 Å². The maximum Gasteiger partial charge on any atom is 0.308 e. The van der Waals surface area contributed by atoms with E-state index in [9.17, 15) is 14.7 Å². The first kappa shape index (κ1) is 17.0. The van der Waals surface area contributed by atoms with Crippen LogP contribution in [0.15, 0.2) is 24.3 Å². The van der Waals surface area contributed by atoms with Gasteiger partial charge < -0.3 is 19.9 Å². The SMILES string of the molecule is CCOc1ccc(CC(CNC(=O)COC)C(=O)O)cc1. The zero-order chi connectivity index (χ0) is 15.7. The van der Waals surface area contributed by atoms with Crippen LogP contribution >= 0.6 is 0 Å². The van der Waals surface area contributed by atoms with Crippen molar-refractivity contribution in [3.63, 3.8) is 0 Å². The van der Waals surface area contributed by atoms with Crippen LogP contribution in [-0.2, 0) is 20.7 Å². The maximum atomic E-state index is 11.3. The van der Waals surface area contributed by atoms with E-state index >= 15 is 0 Å². The minimum Gasteiger partial charge on any atom is -0.494 e. The summed E-state index contributed by atoms with van der Waals surface area (Å²) in [6, 6.07) is 7.28. The largest absolute Gasteiger partial charge is 0.494 e. The molecule has 0 saturated carbocycles. The van der Waals surface area contributed by atoms with E-state index in [1.807, 2.05) is 19.1 Å². The van der Waals surface area contributed by atoms with Gasteiger partial charge in [-0.1, -0.05) is 12.1 Å². The van der Waals surface area contributed by atoms with Gasteiger partial charge in [0, 0.05) is 13.7 Å². The van der Waals surface area contributed by atoms with Gasteiger partial charge in [0.05, 0.1) is 12.5 Å². The number of carbonyl (C=O) groups excluding carboxylic acids is 1. The molecule has 6 heteroatoms. The lowest BCUT2D eigenvalue weighted by Gasteiger charge is -2.14. The quantitative estimate of drug-likeness (QED) is 0.712. The predicted molar refractivity (Wildman–Crippen MR) is 77.3 cm³/mol. The van der Waals surface area contributed by atoms with Gasteiger partial charge in [0.15, 0.2) is 0 Å². The Hall–Kier alpha value is -2.08. The first-order valence-electron chi connectivity index (χ1n) is 6.77. The minimum atomic E-state index is -0.943. The van der Waals surface area contributed by atoms with Gasteiger partial charge >= 0.3 is 5.97 Å². The highest BCUT2D eigenvalue weighted by molar-refractivity contribution is 5.78. The molecule has 21 heavy (non-hydrogen) atoms. The lowest BCUT2D eigenvalue weighted by Crippen LogP contribution is -2.35. The van der Waals surface area contributed by atoms with Crippen molar-refractivity contribution in [3.8, 4) is 5.75 Å². The van der Waals surface area contributed by atoms with Crippen molar-refractivity contribution >= 4 is 11.9 Å². The van der Waals surface area contributed by atoms with Crippen LogP contribution in [0.4, 0.5) is 0 Å². The van der Waals surface area contributed by atoms with Gasteiger partial charge in [0.1, 0.15) is 12.4 Å². The molecule has 0 heterocycles. The van der Waals surface area contributed by atoms with Gasteiger partial charge in [0.2, 0.25) is 5.91 Å². The number of carbonyl (C=O) groups is 2. The molecular weight excluding hydrogens is 274 g/mol. The highest BCUT2D eigenvalue weighted by Gasteiger charge is 2.19. The van der Waals surface area contributed by atoms with Crippen LogP contribution in [0.25, 0.3) is 0 Å². The molecule has 0 aliphatic rings. The molecule has 116 valence electrons. The smallest absolute Gasteiger partial charge is 0.308 e. The summed E-state index contributed by atoms with van der Waals surface area (Å²) in [7, 11) is 1.41. The Bertz CT molecular complexity index is 458. The second-order valence-corrected chi connectivity index (χ2v) is 4.55. The van der Waals surface area contributed by atoms with Gasteiger partial charge in [-0.05, 0) is 31.0 Å². The fourth-order valence-electron chi connectivity index (χ4n) is 1.84. The van der Waals surface area contributed by atoms with Crippen molar-refractivity contribution in [2.45, 2.75) is 13.3 Å². The number of ether oxygens (including phenoxy) is 2. The first-order valence-corrected chi connectivity index (χ1v) is 6.77. The molecule has 0 spiro atoms. The molecule has 0 aliphatic carbocycles. The topological polar surface area (TPSA) is 84.9 Å². The summed E-state index contributed by atoms with van der Waals surface area (Å²) < 4.78 is 10.0. The third-order valence-corrected chi connectivity index (χ3v) is 2.89. The number of rotatable bonds is 9. The molecule has 2 N–H and O–H groups in total. The van der Waals surface area contributed by atoms with Crippen molar-refractivity contribution in [2.75, 3.05) is 26.9 Å². The molecule has 0 radical (unpaired) electrons. The second kappa shape index (κ2) is 8.97. The van der Waals surface area contributed by atoms with Crippen LogP contribution in [0.3, 0.4) is 0 Å². The molecule has 0 bridgehead atoms. The van der Waals surface area contributed by atoms with Gasteiger partial charge in [-0.2, -0.15) is 0 Å². The Morgan fingerprint density at radius 3 is 2.48 bits per heavy atom. The summed E-state index contributed by atoms with van der Waals surface area (Å²) in [5.74, 6) is -1.19. The molecule has 6 nitrogen and oxygen atoms in total. The van der Waals surface area contributed by atoms with Crippen LogP contribution in [0.1, 0.15) is 12.5 Å². The molecule has 0 fully saturated rings. The van der Waals surface area contributed by atoms with E-state index in [1.54, 1.807) is 12.1 Å². The molecule has 0 saturated heterocycles. The molecule has 1 aromatic carbocycles. The highest BCUT2D eigenvalue weighted by Crippen LogP contribution is 2.15. The van der Waals surface area contributed by atoms with Crippen molar-refractivity contribution in [2.24, 2.45) is 5.92 Å². The summed E-state index contributed by atoms with van der Waals surface area (Å²) in [5.41, 5.74) is 0.881. The second-order valence-electron chi connectivity index (χ2n) is 4.55. The van der Waals surface area contributed by atoms with E-state index in [0.717, 1.165) is 11.3 Å². The first-order chi connectivity index (χ1) is 10.1. The summed E-state index contributed by atoms with van der Waals surface area (Å²) in [6.07, 6.45) is 0.342. The summed E-state index contributed by atoms with van der Waals surface area (Å²) in [4.78, 5) is 22.5. The van der Waals surface area contributed by atoms with Crippen molar-refractivity contribution in [3.05, 3.63) is 29.8 Å². The molecule has 1 aromatic rings. The molecule has 1 rings (SSSR count). The number of carboxylic acids is 1. The third kappa shape index (κ3) is 6.27. The van der Waals surface area contributed by atoms with Crippen LogP contribution in [0, 0.1) is 5.92 Å². The normalized spacial score (nSPS) is 11.7. The number of amides is 1. The maximum absolute atomic E-state index is 11.3. The van der Waals surface area contributed by atoms with E-state index in [-0.39, 0.29) is 19.1 Å². The third-order valence-electron chi connectivity index (χ3n) is 2.89. The Labute approximate surface area is 124 Å². The Balaban J connectivity index is 2.57. The average Bonchev–Trinajstić information content (AvgIpc) is 2.45. The number of carboxylic acid groups (broad SMARTS) is 1. The average molecular weight is 295 g/mol. The van der Waals surface area contributed by atoms with Crippen LogP contribution < -0.4 is 10.1 Å². The van der Waals surface area contributed by atoms with E-state index in [2.05, 4.69) is 10.1 Å². The zero-order valence-corrected chi connectivity index (χ0v) is 12.3. The zero-order valence-electron chi connectivity index (χ0n) is 12.3. The van der Waals surface area contributed by atoms with Crippen LogP contribution in [0.5, 0.6) is 5.75 Å². The molecule has 0 aliphatic heterocycles. The molecular formula is C15H21NO5. The Morgan fingerprint density at radius 2 is 1.95 bits per heavy atom. The number of methoxy groups -OCH3 is 1. The Morgan fingerprint density at radius 1 is 1.29 bits per heavy atom. The minimum absolute atomic E-state index is 0.0740. The monoisotopic (exact) mass is 295 g/mol. The number of nitrogens with one attached hydrogen (secondary N) is 1. The van der Waals surface area contributed by atoms with Gasteiger partial charge in [-0.3, -0.25) is 9.59 Å². The lowest BCUT2D eigenvalue weighted by molar-refractivity contribution is -0.141. The van der Waals surface area contributed by atoms with E-state index < -0.39 is 11.9 Å². The lowest BCUT2D eigenvalue weighted by atomic mass is 9.99. The van der Waals surface area contributed by atoms with E-state index in [1.165, 1.54) is 7.11 Å². The van der Waals surface area contributed by atoms with Crippen molar-refractivity contribution in [1.82, 2.24) is 5.32 Å². The summed E-state index contributed by atoms with van der Waals surface area (Å²) in [5, 5.41) is 11.8. The van der Waals surface area contributed by atoms with Crippen LogP contribution in [-0.4, -0.2) is 43.9 Å². The number of aliphatic carboxylic acids is 1.